The van der Waals surface area contributed by atoms with Gasteiger partial charge in [0, 0.05) is 41.1 Å². The van der Waals surface area contributed by atoms with E-state index >= 15 is 0 Å². The van der Waals surface area contributed by atoms with Gasteiger partial charge in [-0.2, -0.15) is 0 Å². The molecule has 9 heteroatoms. The molecule has 158 valence electrons. The van der Waals surface area contributed by atoms with Crippen molar-refractivity contribution in [1.82, 2.24) is 4.98 Å². The summed E-state index contributed by atoms with van der Waals surface area (Å²) in [6, 6.07) is 16.8. The molecule has 0 fully saturated rings. The van der Waals surface area contributed by atoms with Crippen molar-refractivity contribution < 1.29 is 9.59 Å². The number of nitrogens with zero attached hydrogens (tertiary/aromatic N) is 1. The van der Waals surface area contributed by atoms with Gasteiger partial charge in [0.2, 0.25) is 0 Å². The lowest BCUT2D eigenvalue weighted by molar-refractivity contribution is 0.102. The van der Waals surface area contributed by atoms with Gasteiger partial charge in [0.15, 0.2) is 0 Å². The van der Waals surface area contributed by atoms with E-state index in [2.05, 4.69) is 20.9 Å². The standard InChI is InChI=1S/C21H21N5O2.2ClH/c1-14(22)18-8-7-15(20(27)24-17-9-11-23-12-10-17)13-19(18)26-21(28)25-16-5-3-2-4-6-16;;/h2-14H,22H2,1H3,(H,23,24,27)(H2,25,26,28);2*1H. The van der Waals surface area contributed by atoms with Crippen LogP contribution in [0.3, 0.4) is 0 Å². The summed E-state index contributed by atoms with van der Waals surface area (Å²) in [5.74, 6) is -0.297. The summed E-state index contributed by atoms with van der Waals surface area (Å²) >= 11 is 0. The molecule has 2 aromatic carbocycles. The highest BCUT2D eigenvalue weighted by Gasteiger charge is 2.14. The van der Waals surface area contributed by atoms with Crippen molar-refractivity contribution >= 4 is 53.8 Å². The first-order chi connectivity index (χ1) is 13.5. The van der Waals surface area contributed by atoms with E-state index in [4.69, 9.17) is 5.73 Å². The van der Waals surface area contributed by atoms with E-state index in [9.17, 15) is 9.59 Å². The van der Waals surface area contributed by atoms with Crippen molar-refractivity contribution in [2.75, 3.05) is 16.0 Å². The van der Waals surface area contributed by atoms with Crippen molar-refractivity contribution in [3.63, 3.8) is 0 Å². The van der Waals surface area contributed by atoms with Crippen LogP contribution in [0.15, 0.2) is 73.1 Å². The fourth-order valence-electron chi connectivity index (χ4n) is 2.65. The molecule has 0 radical (unpaired) electrons. The van der Waals surface area contributed by atoms with E-state index in [1.54, 1.807) is 54.9 Å². The van der Waals surface area contributed by atoms with Crippen molar-refractivity contribution in [3.8, 4) is 0 Å². The average molecular weight is 448 g/mol. The number of nitrogens with one attached hydrogen (secondary N) is 3. The van der Waals surface area contributed by atoms with Crippen molar-refractivity contribution in [2.24, 2.45) is 5.73 Å². The van der Waals surface area contributed by atoms with Gasteiger partial charge < -0.3 is 21.7 Å². The van der Waals surface area contributed by atoms with Gasteiger partial charge >= 0.3 is 6.03 Å². The zero-order valence-electron chi connectivity index (χ0n) is 16.2. The van der Waals surface area contributed by atoms with E-state index in [-0.39, 0.29) is 36.8 Å². The minimum atomic E-state index is -0.417. The van der Waals surface area contributed by atoms with Crippen molar-refractivity contribution in [1.29, 1.82) is 0 Å². The summed E-state index contributed by atoms with van der Waals surface area (Å²) in [5, 5.41) is 8.31. The van der Waals surface area contributed by atoms with Crippen LogP contribution in [0.5, 0.6) is 0 Å². The minimum Gasteiger partial charge on any atom is -0.324 e. The normalized spacial score (nSPS) is 10.6. The number of carbonyl (C=O) groups is 2. The Balaban J connectivity index is 0.00000225. The number of pyridine rings is 1. The number of para-hydroxylation sites is 1. The third-order valence-electron chi connectivity index (χ3n) is 4.02. The van der Waals surface area contributed by atoms with E-state index in [1.807, 2.05) is 25.1 Å². The van der Waals surface area contributed by atoms with E-state index in [0.717, 1.165) is 5.56 Å². The molecule has 5 N–H and O–H groups in total. The number of hydrogen-bond acceptors (Lipinski definition) is 4. The first-order valence-electron chi connectivity index (χ1n) is 8.77. The van der Waals surface area contributed by atoms with Crippen LogP contribution in [-0.4, -0.2) is 16.9 Å². The molecule has 0 aliphatic heterocycles. The maximum Gasteiger partial charge on any atom is 0.323 e. The molecule has 1 aromatic heterocycles. The number of hydrogen-bond donors (Lipinski definition) is 4. The zero-order chi connectivity index (χ0) is 19.9. The topological polar surface area (TPSA) is 109 Å². The number of amides is 3. The molecule has 1 atom stereocenters. The van der Waals surface area contributed by atoms with Crippen LogP contribution in [0.25, 0.3) is 0 Å². The lowest BCUT2D eigenvalue weighted by Gasteiger charge is -2.16. The highest BCUT2D eigenvalue weighted by Crippen LogP contribution is 2.24. The molecule has 0 saturated heterocycles. The Hall–Kier alpha value is -3.13. The molecule has 30 heavy (non-hydrogen) atoms. The minimum absolute atomic E-state index is 0. The molecule has 3 aromatic rings. The Morgan fingerprint density at radius 3 is 2.13 bits per heavy atom. The molecule has 3 amide bonds. The molecule has 0 bridgehead atoms. The van der Waals surface area contributed by atoms with Gasteiger partial charge in [0.1, 0.15) is 0 Å². The third kappa shape index (κ3) is 6.73. The largest absolute Gasteiger partial charge is 0.324 e. The first kappa shape index (κ1) is 24.9. The SMILES string of the molecule is CC(N)c1ccc(C(=O)Nc2ccncc2)cc1NC(=O)Nc1ccccc1.Cl.Cl. The van der Waals surface area contributed by atoms with Gasteiger partial charge in [0.25, 0.3) is 5.91 Å². The number of rotatable bonds is 5. The van der Waals surface area contributed by atoms with E-state index in [0.29, 0.717) is 22.6 Å². The number of urea groups is 1. The number of aromatic nitrogens is 1. The fourth-order valence-corrected chi connectivity index (χ4v) is 2.65. The van der Waals surface area contributed by atoms with Crippen LogP contribution in [-0.2, 0) is 0 Å². The van der Waals surface area contributed by atoms with Gasteiger partial charge in [0.05, 0.1) is 0 Å². The van der Waals surface area contributed by atoms with E-state index < -0.39 is 6.03 Å². The fraction of sp³-hybridized carbons (Fsp3) is 0.0952. The summed E-state index contributed by atoms with van der Waals surface area (Å²) in [5.41, 5.74) is 8.91. The molecule has 0 spiro atoms. The van der Waals surface area contributed by atoms with Crippen molar-refractivity contribution in [2.45, 2.75) is 13.0 Å². The van der Waals surface area contributed by atoms with Crippen LogP contribution in [0, 0.1) is 0 Å². The number of carbonyl (C=O) groups excluding carboxylic acids is 2. The Bertz CT molecular complexity index is 970. The monoisotopic (exact) mass is 447 g/mol. The van der Waals surface area contributed by atoms with Gasteiger partial charge in [-0.15, -0.1) is 24.8 Å². The second-order valence-corrected chi connectivity index (χ2v) is 6.23. The number of anilines is 3. The molecule has 0 saturated carbocycles. The summed E-state index contributed by atoms with van der Waals surface area (Å²) in [4.78, 5) is 28.8. The van der Waals surface area contributed by atoms with Gasteiger partial charge in [-0.3, -0.25) is 9.78 Å². The van der Waals surface area contributed by atoms with Gasteiger partial charge in [-0.25, -0.2) is 4.79 Å². The molecule has 7 nitrogen and oxygen atoms in total. The highest BCUT2D eigenvalue weighted by atomic mass is 35.5. The van der Waals surface area contributed by atoms with Gasteiger partial charge in [-0.05, 0) is 48.9 Å². The lowest BCUT2D eigenvalue weighted by atomic mass is 10.0. The number of halogens is 2. The smallest absolute Gasteiger partial charge is 0.323 e. The Kier molecular flexibility index (Phi) is 9.77. The van der Waals surface area contributed by atoms with Crippen LogP contribution in [0.2, 0.25) is 0 Å². The van der Waals surface area contributed by atoms with Crippen molar-refractivity contribution in [3.05, 3.63) is 84.2 Å². The zero-order valence-corrected chi connectivity index (χ0v) is 17.8. The Morgan fingerprint density at radius 2 is 1.50 bits per heavy atom. The Labute approximate surface area is 187 Å². The van der Waals surface area contributed by atoms with E-state index in [1.165, 1.54) is 0 Å². The summed E-state index contributed by atoms with van der Waals surface area (Å²) in [6.45, 7) is 1.81. The molecular formula is C21H23Cl2N5O2. The van der Waals surface area contributed by atoms with Crippen LogP contribution >= 0.6 is 24.8 Å². The summed E-state index contributed by atoms with van der Waals surface area (Å²) in [7, 11) is 0. The van der Waals surface area contributed by atoms with Gasteiger partial charge in [-0.1, -0.05) is 24.3 Å². The first-order valence-corrected chi connectivity index (χ1v) is 8.77. The maximum atomic E-state index is 12.5. The maximum absolute atomic E-state index is 12.5. The molecule has 0 aliphatic carbocycles. The molecule has 1 unspecified atom stereocenters. The lowest BCUT2D eigenvalue weighted by Crippen LogP contribution is -2.22. The number of benzene rings is 2. The summed E-state index contributed by atoms with van der Waals surface area (Å²) in [6.07, 6.45) is 3.19. The third-order valence-corrected chi connectivity index (χ3v) is 4.02. The van der Waals surface area contributed by atoms with Crippen LogP contribution < -0.4 is 21.7 Å². The predicted molar refractivity (Wildman–Crippen MR) is 125 cm³/mol. The van der Waals surface area contributed by atoms with Crippen LogP contribution in [0.1, 0.15) is 28.9 Å². The molecule has 3 rings (SSSR count). The van der Waals surface area contributed by atoms with Crippen LogP contribution in [0.4, 0.5) is 21.9 Å². The molecule has 1 heterocycles. The summed E-state index contributed by atoms with van der Waals surface area (Å²) < 4.78 is 0. The second kappa shape index (κ2) is 11.8. The molecule has 0 aliphatic rings. The predicted octanol–water partition coefficient (Wildman–Crippen LogP) is 4.84. The average Bonchev–Trinajstić information content (AvgIpc) is 2.69. The molecular weight excluding hydrogens is 425 g/mol. The highest BCUT2D eigenvalue weighted by molar-refractivity contribution is 6.06. The second-order valence-electron chi connectivity index (χ2n) is 6.23. The number of nitrogens with two attached hydrogens (primary N) is 1. The quantitative estimate of drug-likeness (QED) is 0.448. The Morgan fingerprint density at radius 1 is 0.867 bits per heavy atom.